The fourth-order valence-electron chi connectivity index (χ4n) is 1.77. The van der Waals surface area contributed by atoms with Crippen molar-refractivity contribution >= 4 is 39.2 Å². The Balaban J connectivity index is 1.92. The normalized spacial score (nSPS) is 19.6. The third kappa shape index (κ3) is 2.84. The number of nitrogens with zero attached hydrogens (tertiary/aromatic N) is 1. The maximum absolute atomic E-state index is 12.0. The van der Waals surface area contributed by atoms with Gasteiger partial charge in [-0.1, -0.05) is 0 Å². The van der Waals surface area contributed by atoms with Gasteiger partial charge in [-0.2, -0.15) is 0 Å². The molecule has 0 aliphatic carbocycles. The third-order valence-electron chi connectivity index (χ3n) is 2.85. The van der Waals surface area contributed by atoms with Crippen molar-refractivity contribution in [3.63, 3.8) is 0 Å². The van der Waals surface area contributed by atoms with Gasteiger partial charge >= 0.3 is 6.03 Å². The first-order valence-corrected chi connectivity index (χ1v) is 7.31. The molecular weight excluding hydrogens is 318 g/mol. The number of thiophene rings is 1. The molecule has 2 rings (SSSR count). The van der Waals surface area contributed by atoms with Crippen molar-refractivity contribution < 1.29 is 9.59 Å². The van der Waals surface area contributed by atoms with Crippen LogP contribution in [0.25, 0.3) is 0 Å². The maximum Gasteiger partial charge on any atom is 0.318 e. The lowest BCUT2D eigenvalue weighted by atomic mass is 10.2. The predicted octanol–water partition coefficient (Wildman–Crippen LogP) is 1.54. The summed E-state index contributed by atoms with van der Waals surface area (Å²) < 4.78 is 0.997. The summed E-state index contributed by atoms with van der Waals surface area (Å²) in [5.41, 5.74) is 0. The van der Waals surface area contributed by atoms with Crippen molar-refractivity contribution in [1.82, 2.24) is 15.5 Å². The largest absolute Gasteiger partial charge is 0.353 e. The van der Waals surface area contributed by atoms with Crippen LogP contribution in [0.2, 0.25) is 0 Å². The highest BCUT2D eigenvalue weighted by molar-refractivity contribution is 9.10. The standard InChI is InChI=1S/C11H14BrN3O2S/c1-7-10(16)13-3-4-15(7)11(17)14-6-9-8(12)2-5-18-9/h2,5,7H,3-4,6H2,1H3,(H,13,16)(H,14,17). The van der Waals surface area contributed by atoms with Crippen molar-refractivity contribution in [2.45, 2.75) is 19.5 Å². The van der Waals surface area contributed by atoms with Crippen LogP contribution in [0.3, 0.4) is 0 Å². The summed E-state index contributed by atoms with van der Waals surface area (Å²) in [7, 11) is 0. The lowest BCUT2D eigenvalue weighted by Gasteiger charge is -2.32. The summed E-state index contributed by atoms with van der Waals surface area (Å²) in [6.07, 6.45) is 0. The molecule has 0 aromatic carbocycles. The van der Waals surface area contributed by atoms with Gasteiger partial charge in [0.05, 0.1) is 6.54 Å². The monoisotopic (exact) mass is 331 g/mol. The highest BCUT2D eigenvalue weighted by atomic mass is 79.9. The van der Waals surface area contributed by atoms with Crippen LogP contribution in [0, 0.1) is 0 Å². The number of carbonyl (C=O) groups excluding carboxylic acids is 2. The molecule has 3 amide bonds. The van der Waals surface area contributed by atoms with Gasteiger partial charge in [0.15, 0.2) is 0 Å². The number of carbonyl (C=O) groups is 2. The second kappa shape index (κ2) is 5.71. The number of rotatable bonds is 2. The van der Waals surface area contributed by atoms with Gasteiger partial charge < -0.3 is 15.5 Å². The van der Waals surface area contributed by atoms with Gasteiger partial charge in [-0.05, 0) is 34.3 Å². The molecule has 1 aliphatic heterocycles. The predicted molar refractivity (Wildman–Crippen MR) is 73.4 cm³/mol. The van der Waals surface area contributed by atoms with Crippen molar-refractivity contribution in [2.24, 2.45) is 0 Å². The summed E-state index contributed by atoms with van der Waals surface area (Å²) in [4.78, 5) is 26.1. The maximum atomic E-state index is 12.0. The lowest BCUT2D eigenvalue weighted by molar-refractivity contribution is -0.126. The molecule has 2 N–H and O–H groups in total. The average Bonchev–Trinajstić information content (AvgIpc) is 2.75. The minimum atomic E-state index is -0.412. The van der Waals surface area contributed by atoms with Crippen LogP contribution in [-0.2, 0) is 11.3 Å². The zero-order valence-electron chi connectivity index (χ0n) is 9.90. The number of amides is 3. The van der Waals surface area contributed by atoms with Gasteiger partial charge in [0, 0.05) is 22.4 Å². The Bertz CT molecular complexity index is 463. The molecule has 0 saturated carbocycles. The van der Waals surface area contributed by atoms with Crippen molar-refractivity contribution in [3.8, 4) is 0 Å². The number of nitrogens with one attached hydrogen (secondary N) is 2. The molecule has 1 saturated heterocycles. The van der Waals surface area contributed by atoms with Gasteiger partial charge in [-0.25, -0.2) is 4.79 Å². The molecule has 1 aromatic rings. The quantitative estimate of drug-likeness (QED) is 0.863. The SMILES string of the molecule is CC1C(=O)NCCN1C(=O)NCc1sccc1Br. The van der Waals surface area contributed by atoms with E-state index in [1.54, 1.807) is 23.2 Å². The number of hydrogen-bond acceptors (Lipinski definition) is 3. The summed E-state index contributed by atoms with van der Waals surface area (Å²) in [5, 5.41) is 7.52. The summed E-state index contributed by atoms with van der Waals surface area (Å²) in [6, 6.07) is 1.34. The van der Waals surface area contributed by atoms with E-state index in [0.717, 1.165) is 9.35 Å². The van der Waals surface area contributed by atoms with E-state index in [0.29, 0.717) is 19.6 Å². The molecule has 1 aromatic heterocycles. The summed E-state index contributed by atoms with van der Waals surface area (Å²) in [6.45, 7) is 3.26. The van der Waals surface area contributed by atoms with E-state index in [2.05, 4.69) is 26.6 Å². The van der Waals surface area contributed by atoms with Crippen LogP contribution in [0.1, 0.15) is 11.8 Å². The average molecular weight is 332 g/mol. The molecule has 7 heteroatoms. The lowest BCUT2D eigenvalue weighted by Crippen LogP contribution is -2.58. The first-order chi connectivity index (χ1) is 8.59. The van der Waals surface area contributed by atoms with Crippen molar-refractivity contribution in [1.29, 1.82) is 0 Å². The zero-order chi connectivity index (χ0) is 13.1. The highest BCUT2D eigenvalue weighted by Gasteiger charge is 2.29. The van der Waals surface area contributed by atoms with Crippen LogP contribution in [0.5, 0.6) is 0 Å². The van der Waals surface area contributed by atoms with E-state index >= 15 is 0 Å². The number of halogens is 1. The van der Waals surface area contributed by atoms with Gasteiger partial charge in [-0.3, -0.25) is 4.79 Å². The molecule has 2 heterocycles. The van der Waals surface area contributed by atoms with Crippen molar-refractivity contribution in [3.05, 3.63) is 20.8 Å². The Morgan fingerprint density at radius 2 is 2.50 bits per heavy atom. The molecule has 0 spiro atoms. The van der Waals surface area contributed by atoms with E-state index in [1.807, 2.05) is 11.4 Å². The Morgan fingerprint density at radius 1 is 1.72 bits per heavy atom. The molecule has 0 bridgehead atoms. The third-order valence-corrected chi connectivity index (χ3v) is 4.78. The first kappa shape index (κ1) is 13.4. The van der Waals surface area contributed by atoms with Gasteiger partial charge in [-0.15, -0.1) is 11.3 Å². The molecule has 18 heavy (non-hydrogen) atoms. The minimum Gasteiger partial charge on any atom is -0.353 e. The molecule has 1 atom stereocenters. The Hall–Kier alpha value is -1.08. The van der Waals surface area contributed by atoms with E-state index in [-0.39, 0.29) is 11.9 Å². The number of piperazine rings is 1. The summed E-state index contributed by atoms with van der Waals surface area (Å²) in [5.74, 6) is -0.103. The van der Waals surface area contributed by atoms with Gasteiger partial charge in [0.25, 0.3) is 0 Å². The molecule has 1 unspecified atom stereocenters. The van der Waals surface area contributed by atoms with Crippen LogP contribution >= 0.6 is 27.3 Å². The van der Waals surface area contributed by atoms with E-state index in [4.69, 9.17) is 0 Å². The topological polar surface area (TPSA) is 61.4 Å². The molecule has 1 aliphatic rings. The van der Waals surface area contributed by atoms with Gasteiger partial charge in [0.2, 0.25) is 5.91 Å². The number of urea groups is 1. The van der Waals surface area contributed by atoms with E-state index in [9.17, 15) is 9.59 Å². The van der Waals surface area contributed by atoms with Crippen LogP contribution in [-0.4, -0.2) is 36.0 Å². The van der Waals surface area contributed by atoms with Crippen LogP contribution in [0.4, 0.5) is 4.79 Å². The molecular formula is C11H14BrN3O2S. The second-order valence-electron chi connectivity index (χ2n) is 4.01. The Kier molecular flexibility index (Phi) is 4.23. The van der Waals surface area contributed by atoms with Crippen LogP contribution in [0.15, 0.2) is 15.9 Å². The van der Waals surface area contributed by atoms with E-state index < -0.39 is 6.04 Å². The van der Waals surface area contributed by atoms with Crippen molar-refractivity contribution in [2.75, 3.05) is 13.1 Å². The highest BCUT2D eigenvalue weighted by Crippen LogP contribution is 2.22. The molecule has 98 valence electrons. The minimum absolute atomic E-state index is 0.103. The smallest absolute Gasteiger partial charge is 0.318 e. The van der Waals surface area contributed by atoms with E-state index in [1.165, 1.54) is 0 Å². The fourth-order valence-corrected chi connectivity index (χ4v) is 3.20. The van der Waals surface area contributed by atoms with Crippen LogP contribution < -0.4 is 10.6 Å². The second-order valence-corrected chi connectivity index (χ2v) is 5.87. The molecule has 1 fully saturated rings. The first-order valence-electron chi connectivity index (χ1n) is 5.63. The molecule has 5 nitrogen and oxygen atoms in total. The fraction of sp³-hybridized carbons (Fsp3) is 0.455. The Morgan fingerprint density at radius 3 is 3.17 bits per heavy atom. The number of hydrogen-bond donors (Lipinski definition) is 2. The zero-order valence-corrected chi connectivity index (χ0v) is 12.3. The molecule has 0 radical (unpaired) electrons. The van der Waals surface area contributed by atoms with Gasteiger partial charge in [0.1, 0.15) is 6.04 Å². The summed E-state index contributed by atoms with van der Waals surface area (Å²) >= 11 is 5.00. The Labute approximate surface area is 118 Å².